The zero-order valence-corrected chi connectivity index (χ0v) is 21.7. The Kier molecular flexibility index (Phi) is 7.81. The van der Waals surface area contributed by atoms with Gasteiger partial charge in [-0.1, -0.05) is 6.07 Å². The molecule has 3 aromatic rings. The molecule has 2 heterocycles. The molecule has 0 saturated heterocycles. The molecule has 11 nitrogen and oxygen atoms in total. The number of carbonyl (C=O) groups is 1. The number of hydrogen-bond donors (Lipinski definition) is 2. The first-order chi connectivity index (χ1) is 18.8. The Labute approximate surface area is 224 Å². The van der Waals surface area contributed by atoms with Gasteiger partial charge < -0.3 is 14.6 Å². The number of pyridine rings is 1. The first-order valence-electron chi connectivity index (χ1n) is 11.8. The van der Waals surface area contributed by atoms with E-state index in [9.17, 15) is 35.6 Å². The second-order valence-corrected chi connectivity index (χ2v) is 11.4. The van der Waals surface area contributed by atoms with Gasteiger partial charge in [-0.25, -0.2) is 17.5 Å². The van der Waals surface area contributed by atoms with E-state index >= 15 is 0 Å². The molecule has 1 aliphatic rings. The lowest BCUT2D eigenvalue weighted by molar-refractivity contribution is -0.132. The highest BCUT2D eigenvalue weighted by atomic mass is 32.2. The number of aryl methyl sites for hydroxylation is 1. The smallest absolute Gasteiger partial charge is 0.390 e. The molecule has 1 amide bonds. The number of ether oxygens (including phenoxy) is 1. The predicted molar refractivity (Wildman–Crippen MR) is 132 cm³/mol. The average molecular weight is 583 g/mol. The van der Waals surface area contributed by atoms with Crippen LogP contribution < -0.4 is 20.3 Å². The molecule has 16 heteroatoms. The van der Waals surface area contributed by atoms with Crippen LogP contribution in [0.15, 0.2) is 35.3 Å². The van der Waals surface area contributed by atoms with Gasteiger partial charge >= 0.3 is 6.18 Å². The molecule has 40 heavy (non-hydrogen) atoms. The number of rotatable bonds is 10. The molecule has 0 aliphatic heterocycles. The van der Waals surface area contributed by atoms with E-state index in [1.807, 2.05) is 4.72 Å². The molecule has 1 aromatic carbocycles. The first kappa shape index (κ1) is 28.9. The number of nitrogens with zero attached hydrogens (tertiary/aromatic N) is 4. The van der Waals surface area contributed by atoms with Crippen molar-refractivity contribution in [3.05, 3.63) is 63.3 Å². The highest BCUT2D eigenvalue weighted by Crippen LogP contribution is 2.43. The van der Waals surface area contributed by atoms with Crippen LogP contribution in [-0.2, 0) is 23.6 Å². The molecule has 2 aromatic heterocycles. The van der Waals surface area contributed by atoms with Crippen molar-refractivity contribution in [3.63, 3.8) is 0 Å². The number of benzene rings is 1. The fraction of sp³-hybridized carbons (Fsp3) is 0.375. The lowest BCUT2D eigenvalue weighted by Crippen LogP contribution is -2.41. The zero-order valence-electron chi connectivity index (χ0n) is 20.9. The number of alkyl halides is 3. The molecule has 1 aliphatic carbocycles. The van der Waals surface area contributed by atoms with Crippen LogP contribution in [-0.4, -0.2) is 53.2 Å². The molecular formula is C24H22F4N6O5S. The van der Waals surface area contributed by atoms with Gasteiger partial charge in [0.25, 0.3) is 17.3 Å². The summed E-state index contributed by atoms with van der Waals surface area (Å²) in [4.78, 5) is 25.8. The second-order valence-electron chi connectivity index (χ2n) is 9.22. The summed E-state index contributed by atoms with van der Waals surface area (Å²) in [6, 6.07) is 6.75. The van der Waals surface area contributed by atoms with Crippen LogP contribution >= 0.6 is 0 Å². The standard InChI is InChI=1S/C24H22F4N6O5S/c1-34-19-16(9-17(22(34)36)20(35)30-11-14-2-3-15(10-29)18(25)8-14)12-31-33-21(19)39-13-23(4-5-23)40(37,38)32-7-6-24(26,27)28/h2-3,8-9,12,32H,4-7,11,13H2,1H3,(H,30,35). The van der Waals surface area contributed by atoms with Crippen LogP contribution in [0.4, 0.5) is 17.6 Å². The van der Waals surface area contributed by atoms with E-state index in [1.165, 1.54) is 31.4 Å². The molecule has 0 unspecified atom stereocenters. The summed E-state index contributed by atoms with van der Waals surface area (Å²) < 4.78 is 83.5. The van der Waals surface area contributed by atoms with Crippen molar-refractivity contribution < 1.29 is 35.5 Å². The lowest BCUT2D eigenvalue weighted by Gasteiger charge is -2.19. The minimum atomic E-state index is -4.52. The number of amides is 1. The Balaban J connectivity index is 1.51. The summed E-state index contributed by atoms with van der Waals surface area (Å²) in [6.45, 7) is -1.37. The van der Waals surface area contributed by atoms with Crippen molar-refractivity contribution in [2.45, 2.75) is 36.7 Å². The molecule has 0 spiro atoms. The van der Waals surface area contributed by atoms with Crippen molar-refractivity contribution in [1.82, 2.24) is 24.8 Å². The lowest BCUT2D eigenvalue weighted by atomic mass is 10.1. The van der Waals surface area contributed by atoms with E-state index in [4.69, 9.17) is 10.00 Å². The molecular weight excluding hydrogens is 560 g/mol. The number of sulfonamides is 1. The fourth-order valence-corrected chi connectivity index (χ4v) is 5.46. The minimum Gasteiger partial charge on any atom is -0.473 e. The van der Waals surface area contributed by atoms with Crippen molar-refractivity contribution >= 4 is 26.8 Å². The number of carbonyl (C=O) groups excluding carboxylic acids is 1. The van der Waals surface area contributed by atoms with Crippen molar-refractivity contribution in [3.8, 4) is 11.9 Å². The highest BCUT2D eigenvalue weighted by molar-refractivity contribution is 7.91. The van der Waals surface area contributed by atoms with E-state index < -0.39 is 57.8 Å². The predicted octanol–water partition coefficient (Wildman–Crippen LogP) is 2.05. The number of fused-ring (bicyclic) bond motifs is 1. The topological polar surface area (TPSA) is 156 Å². The van der Waals surface area contributed by atoms with Gasteiger partial charge in [0.2, 0.25) is 10.0 Å². The molecule has 212 valence electrons. The van der Waals surface area contributed by atoms with Gasteiger partial charge in [-0.2, -0.15) is 23.5 Å². The molecule has 0 atom stereocenters. The maximum absolute atomic E-state index is 13.8. The summed E-state index contributed by atoms with van der Waals surface area (Å²) >= 11 is 0. The molecule has 1 fully saturated rings. The SMILES string of the molecule is Cn1c(=O)c(C(=O)NCc2ccc(C#N)c(F)c2)cc2cnnc(OCC3(S(=O)(=O)NCCC(F)(F)F)CC3)c21. The van der Waals surface area contributed by atoms with Crippen LogP contribution in [0, 0.1) is 17.1 Å². The zero-order chi connectivity index (χ0) is 29.3. The van der Waals surface area contributed by atoms with E-state index in [-0.39, 0.29) is 47.3 Å². The van der Waals surface area contributed by atoms with Gasteiger partial charge in [-0.15, -0.1) is 5.10 Å². The number of halogens is 4. The summed E-state index contributed by atoms with van der Waals surface area (Å²) in [7, 11) is -2.81. The summed E-state index contributed by atoms with van der Waals surface area (Å²) in [5.41, 5.74) is -0.681. The Morgan fingerprint density at radius 2 is 2.00 bits per heavy atom. The summed E-state index contributed by atoms with van der Waals surface area (Å²) in [5.74, 6) is -1.71. The van der Waals surface area contributed by atoms with Gasteiger partial charge in [0.05, 0.1) is 18.2 Å². The minimum absolute atomic E-state index is 0.115. The number of nitrogens with one attached hydrogen (secondary N) is 2. The highest BCUT2D eigenvalue weighted by Gasteiger charge is 2.55. The monoisotopic (exact) mass is 582 g/mol. The maximum atomic E-state index is 13.8. The largest absolute Gasteiger partial charge is 0.473 e. The van der Waals surface area contributed by atoms with Crippen molar-refractivity contribution in [2.75, 3.05) is 13.2 Å². The van der Waals surface area contributed by atoms with E-state index in [0.29, 0.717) is 5.56 Å². The van der Waals surface area contributed by atoms with Gasteiger partial charge in [0, 0.05) is 25.5 Å². The maximum Gasteiger partial charge on any atom is 0.390 e. The quantitative estimate of drug-likeness (QED) is 0.344. The Hall–Kier alpha value is -4.10. The summed E-state index contributed by atoms with van der Waals surface area (Å²) in [5, 5.41) is 19.2. The third-order valence-electron chi connectivity index (χ3n) is 6.39. The van der Waals surface area contributed by atoms with Gasteiger partial charge in [0.15, 0.2) is 0 Å². The third kappa shape index (κ3) is 6.05. The van der Waals surface area contributed by atoms with E-state index in [2.05, 4.69) is 15.5 Å². The van der Waals surface area contributed by atoms with Crippen molar-refractivity contribution in [2.24, 2.45) is 7.05 Å². The van der Waals surface area contributed by atoms with Gasteiger partial charge in [0.1, 0.15) is 34.3 Å². The number of nitriles is 1. The average Bonchev–Trinajstić information content (AvgIpc) is 3.69. The van der Waals surface area contributed by atoms with Gasteiger partial charge in [-0.3, -0.25) is 9.59 Å². The molecule has 0 bridgehead atoms. The Morgan fingerprint density at radius 3 is 2.62 bits per heavy atom. The van der Waals surface area contributed by atoms with Crippen LogP contribution in [0.1, 0.15) is 40.7 Å². The fourth-order valence-electron chi connectivity index (χ4n) is 3.92. The van der Waals surface area contributed by atoms with Crippen LogP contribution in [0.5, 0.6) is 5.88 Å². The molecule has 4 rings (SSSR count). The van der Waals surface area contributed by atoms with E-state index in [1.54, 1.807) is 6.07 Å². The van der Waals surface area contributed by atoms with Crippen LogP contribution in [0.2, 0.25) is 0 Å². The molecule has 1 saturated carbocycles. The van der Waals surface area contributed by atoms with E-state index in [0.717, 1.165) is 10.6 Å². The third-order valence-corrected chi connectivity index (χ3v) is 8.64. The molecule has 2 N–H and O–H groups in total. The second kappa shape index (κ2) is 10.8. The number of hydrogen-bond acceptors (Lipinski definition) is 8. The number of aromatic nitrogens is 3. The first-order valence-corrected chi connectivity index (χ1v) is 13.3. The van der Waals surface area contributed by atoms with Crippen LogP contribution in [0.25, 0.3) is 10.9 Å². The Bertz CT molecular complexity index is 1680. The summed E-state index contributed by atoms with van der Waals surface area (Å²) in [6.07, 6.45) is -4.27. The van der Waals surface area contributed by atoms with Crippen molar-refractivity contribution in [1.29, 1.82) is 5.26 Å². The van der Waals surface area contributed by atoms with Crippen LogP contribution in [0.3, 0.4) is 0 Å². The van der Waals surface area contributed by atoms with Gasteiger partial charge in [-0.05, 0) is 36.6 Å². The Morgan fingerprint density at radius 1 is 1.27 bits per heavy atom. The molecule has 0 radical (unpaired) electrons. The normalized spacial score (nSPS) is 14.5.